The summed E-state index contributed by atoms with van der Waals surface area (Å²) < 4.78 is 1.65. The summed E-state index contributed by atoms with van der Waals surface area (Å²) in [4.78, 5) is 12.1. The average molecular weight is 377 g/mol. The quantitative estimate of drug-likeness (QED) is 0.832. The van der Waals surface area contributed by atoms with E-state index in [1.54, 1.807) is 6.07 Å². The van der Waals surface area contributed by atoms with Gasteiger partial charge in [0.2, 0.25) is 0 Å². The number of hydrogen-bond donors (Lipinski definition) is 2. The van der Waals surface area contributed by atoms with E-state index in [1.807, 2.05) is 12.1 Å². The summed E-state index contributed by atoms with van der Waals surface area (Å²) in [6.07, 6.45) is 3.11. The highest BCUT2D eigenvalue weighted by Crippen LogP contribution is 2.23. The Morgan fingerprint density at radius 1 is 1.33 bits per heavy atom. The van der Waals surface area contributed by atoms with Gasteiger partial charge in [-0.2, -0.15) is 0 Å². The van der Waals surface area contributed by atoms with Crippen LogP contribution in [0.3, 0.4) is 0 Å². The molecule has 0 saturated heterocycles. The minimum absolute atomic E-state index is 0.0760. The molecular formula is C13H15Br2NO2. The molecule has 5 heteroatoms. The van der Waals surface area contributed by atoms with Crippen molar-refractivity contribution in [3.8, 4) is 0 Å². The zero-order chi connectivity index (χ0) is 13.1. The molecular weight excluding hydrogens is 362 g/mol. The van der Waals surface area contributed by atoms with Gasteiger partial charge in [-0.15, -0.1) is 0 Å². The van der Waals surface area contributed by atoms with Crippen molar-refractivity contribution in [2.75, 3.05) is 0 Å². The Kier molecular flexibility index (Phi) is 4.81. The second-order valence-electron chi connectivity index (χ2n) is 4.61. The van der Waals surface area contributed by atoms with Gasteiger partial charge in [-0.1, -0.05) is 15.9 Å². The first-order valence-electron chi connectivity index (χ1n) is 6.00. The topological polar surface area (TPSA) is 49.3 Å². The number of rotatable bonds is 2. The highest BCUT2D eigenvalue weighted by molar-refractivity contribution is 9.11. The van der Waals surface area contributed by atoms with Crippen molar-refractivity contribution in [2.45, 2.75) is 37.8 Å². The summed E-state index contributed by atoms with van der Waals surface area (Å²) in [5.74, 6) is -0.0951. The van der Waals surface area contributed by atoms with E-state index in [1.165, 1.54) is 0 Å². The Bertz CT molecular complexity index is 451. The van der Waals surface area contributed by atoms with Crippen molar-refractivity contribution >= 4 is 37.8 Å². The summed E-state index contributed by atoms with van der Waals surface area (Å²) in [5, 5.41) is 12.6. The van der Waals surface area contributed by atoms with Crippen LogP contribution in [0.15, 0.2) is 27.1 Å². The lowest BCUT2D eigenvalue weighted by Crippen LogP contribution is -2.39. The summed E-state index contributed by atoms with van der Waals surface area (Å²) in [6.45, 7) is 0. The average Bonchev–Trinajstić information content (AvgIpc) is 2.32. The number of halogens is 2. The van der Waals surface area contributed by atoms with Crippen LogP contribution in [0.1, 0.15) is 36.0 Å². The van der Waals surface area contributed by atoms with Crippen LogP contribution < -0.4 is 5.32 Å². The van der Waals surface area contributed by atoms with Crippen molar-refractivity contribution in [2.24, 2.45) is 0 Å². The molecule has 98 valence electrons. The van der Waals surface area contributed by atoms with E-state index in [-0.39, 0.29) is 18.1 Å². The van der Waals surface area contributed by atoms with Crippen LogP contribution in [-0.2, 0) is 0 Å². The van der Waals surface area contributed by atoms with Gasteiger partial charge in [0.25, 0.3) is 5.91 Å². The van der Waals surface area contributed by atoms with E-state index < -0.39 is 0 Å². The maximum atomic E-state index is 12.1. The molecule has 1 aromatic carbocycles. The number of hydrogen-bond acceptors (Lipinski definition) is 2. The van der Waals surface area contributed by atoms with E-state index >= 15 is 0 Å². The van der Waals surface area contributed by atoms with Gasteiger partial charge in [-0.25, -0.2) is 0 Å². The van der Waals surface area contributed by atoms with Gasteiger partial charge in [0.15, 0.2) is 0 Å². The predicted molar refractivity (Wildman–Crippen MR) is 77.6 cm³/mol. The molecule has 1 aliphatic carbocycles. The van der Waals surface area contributed by atoms with Gasteiger partial charge in [0.05, 0.1) is 11.7 Å². The molecule has 1 aromatic rings. The minimum Gasteiger partial charge on any atom is -0.393 e. The summed E-state index contributed by atoms with van der Waals surface area (Å²) >= 11 is 6.74. The maximum Gasteiger partial charge on any atom is 0.252 e. The molecule has 1 aliphatic rings. The molecule has 0 radical (unpaired) electrons. The van der Waals surface area contributed by atoms with Crippen LogP contribution in [0.5, 0.6) is 0 Å². The molecule has 2 rings (SSSR count). The van der Waals surface area contributed by atoms with Crippen molar-refractivity contribution < 1.29 is 9.90 Å². The molecule has 0 aliphatic heterocycles. The molecule has 3 nitrogen and oxygen atoms in total. The highest BCUT2D eigenvalue weighted by atomic mass is 79.9. The molecule has 1 saturated carbocycles. The van der Waals surface area contributed by atoms with Gasteiger partial charge in [-0.05, 0) is 59.8 Å². The number of benzene rings is 1. The normalized spacial score (nSPS) is 23.7. The third kappa shape index (κ3) is 3.56. The highest BCUT2D eigenvalue weighted by Gasteiger charge is 2.22. The van der Waals surface area contributed by atoms with Gasteiger partial charge in [0, 0.05) is 15.0 Å². The van der Waals surface area contributed by atoms with Gasteiger partial charge in [0.1, 0.15) is 0 Å². The third-order valence-corrected chi connectivity index (χ3v) is 4.34. The lowest BCUT2D eigenvalue weighted by Gasteiger charge is -2.26. The Morgan fingerprint density at radius 2 is 2.11 bits per heavy atom. The second kappa shape index (κ2) is 6.17. The fourth-order valence-electron chi connectivity index (χ4n) is 2.23. The number of aliphatic hydroxyl groups is 1. The Morgan fingerprint density at radius 3 is 2.83 bits per heavy atom. The largest absolute Gasteiger partial charge is 0.393 e. The predicted octanol–water partition coefficient (Wildman–Crippen LogP) is 3.24. The van der Waals surface area contributed by atoms with Crippen LogP contribution in [0.25, 0.3) is 0 Å². The SMILES string of the molecule is O=C(NC1CCCC(O)C1)c1cc(Br)ccc1Br. The van der Waals surface area contributed by atoms with E-state index in [0.29, 0.717) is 12.0 Å². The van der Waals surface area contributed by atoms with Crippen molar-refractivity contribution in [1.82, 2.24) is 5.32 Å². The van der Waals surface area contributed by atoms with E-state index in [4.69, 9.17) is 0 Å². The van der Waals surface area contributed by atoms with Crippen LogP contribution in [0.4, 0.5) is 0 Å². The third-order valence-electron chi connectivity index (χ3n) is 3.15. The first kappa shape index (κ1) is 14.0. The standard InChI is InChI=1S/C13H15Br2NO2/c14-8-4-5-12(15)11(6-8)13(18)16-9-2-1-3-10(17)7-9/h4-6,9-10,17H,1-3,7H2,(H,16,18). The Hall–Kier alpha value is -0.390. The second-order valence-corrected chi connectivity index (χ2v) is 6.38. The monoisotopic (exact) mass is 375 g/mol. The summed E-state index contributed by atoms with van der Waals surface area (Å²) in [6, 6.07) is 5.59. The maximum absolute atomic E-state index is 12.1. The van der Waals surface area contributed by atoms with Gasteiger partial charge < -0.3 is 10.4 Å². The number of carbonyl (C=O) groups excluding carboxylic acids is 1. The zero-order valence-corrected chi connectivity index (χ0v) is 13.0. The summed E-state index contributed by atoms with van der Waals surface area (Å²) in [5.41, 5.74) is 0.615. The molecule has 2 atom stereocenters. The smallest absolute Gasteiger partial charge is 0.252 e. The van der Waals surface area contributed by atoms with Crippen LogP contribution >= 0.6 is 31.9 Å². The number of carbonyl (C=O) groups is 1. The van der Waals surface area contributed by atoms with Crippen molar-refractivity contribution in [1.29, 1.82) is 0 Å². The zero-order valence-electron chi connectivity index (χ0n) is 9.83. The Labute approximate surface area is 123 Å². The lowest BCUT2D eigenvalue weighted by atomic mass is 9.93. The fraction of sp³-hybridized carbons (Fsp3) is 0.462. The molecule has 18 heavy (non-hydrogen) atoms. The molecule has 0 bridgehead atoms. The Balaban J connectivity index is 2.05. The van der Waals surface area contributed by atoms with Crippen LogP contribution in [0, 0.1) is 0 Å². The van der Waals surface area contributed by atoms with Gasteiger partial charge in [-0.3, -0.25) is 4.79 Å². The van der Waals surface area contributed by atoms with Crippen molar-refractivity contribution in [3.63, 3.8) is 0 Å². The van der Waals surface area contributed by atoms with E-state index in [2.05, 4.69) is 37.2 Å². The minimum atomic E-state index is -0.282. The van der Waals surface area contributed by atoms with Crippen LogP contribution in [0.2, 0.25) is 0 Å². The van der Waals surface area contributed by atoms with Gasteiger partial charge >= 0.3 is 0 Å². The molecule has 2 unspecified atom stereocenters. The number of amides is 1. The number of nitrogens with one attached hydrogen (secondary N) is 1. The molecule has 2 N–H and O–H groups in total. The number of aliphatic hydroxyl groups excluding tert-OH is 1. The molecule has 0 heterocycles. The first-order valence-corrected chi connectivity index (χ1v) is 7.59. The summed E-state index contributed by atoms with van der Waals surface area (Å²) in [7, 11) is 0. The molecule has 0 aromatic heterocycles. The molecule has 0 spiro atoms. The first-order chi connectivity index (χ1) is 8.56. The van der Waals surface area contributed by atoms with Crippen molar-refractivity contribution in [3.05, 3.63) is 32.7 Å². The van der Waals surface area contributed by atoms with Crippen LogP contribution in [-0.4, -0.2) is 23.2 Å². The molecule has 1 fully saturated rings. The lowest BCUT2D eigenvalue weighted by molar-refractivity contribution is 0.0849. The molecule has 1 amide bonds. The van der Waals surface area contributed by atoms with E-state index in [0.717, 1.165) is 28.2 Å². The van der Waals surface area contributed by atoms with E-state index in [9.17, 15) is 9.90 Å². The fourth-order valence-corrected chi connectivity index (χ4v) is 3.02.